The van der Waals surface area contributed by atoms with Crippen molar-refractivity contribution >= 4 is 7.82 Å². The topological polar surface area (TPSA) is 87.0 Å². The van der Waals surface area contributed by atoms with Crippen molar-refractivity contribution in [3.8, 4) is 5.75 Å². The Bertz CT molecular complexity index is 1090. The summed E-state index contributed by atoms with van der Waals surface area (Å²) in [5.74, 6) is 0.286. The lowest BCUT2D eigenvalue weighted by Gasteiger charge is -2.37. The van der Waals surface area contributed by atoms with E-state index in [2.05, 4.69) is 55.4 Å². The molecular weight excluding hydrogens is 724 g/mol. The molecule has 0 saturated heterocycles. The molecule has 0 aliphatic carbocycles. The lowest BCUT2D eigenvalue weighted by atomic mass is 9.74. The quantitative estimate of drug-likeness (QED) is 0.0460. The van der Waals surface area contributed by atoms with Gasteiger partial charge in [0.15, 0.2) is 0 Å². The lowest BCUT2D eigenvalue weighted by Crippen LogP contribution is -2.31. The fourth-order valence-electron chi connectivity index (χ4n) is 8.74. The second kappa shape index (κ2) is 31.0. The zero-order chi connectivity index (χ0) is 42.5. The Morgan fingerprint density at radius 1 is 0.439 bits per heavy atom. The molecule has 0 aliphatic heterocycles. The third kappa shape index (κ3) is 26.2. The Balaban J connectivity index is 2.82. The van der Waals surface area contributed by atoms with Crippen molar-refractivity contribution in [3.05, 3.63) is 28.8 Å². The van der Waals surface area contributed by atoms with E-state index in [0.29, 0.717) is 12.8 Å². The minimum atomic E-state index is -4.82. The van der Waals surface area contributed by atoms with E-state index in [9.17, 15) is 19.5 Å². The van der Waals surface area contributed by atoms with Crippen molar-refractivity contribution in [3.63, 3.8) is 0 Å². The van der Waals surface area contributed by atoms with Crippen LogP contribution >= 0.6 is 7.82 Å². The van der Waals surface area contributed by atoms with Crippen LogP contribution in [0.1, 0.15) is 290 Å². The highest BCUT2D eigenvalue weighted by atomic mass is 31.2. The van der Waals surface area contributed by atoms with Crippen LogP contribution in [0.25, 0.3) is 0 Å². The summed E-state index contributed by atoms with van der Waals surface area (Å²) in [5.41, 5.74) is 0.608. The molecule has 0 bridgehead atoms. The summed E-state index contributed by atoms with van der Waals surface area (Å²) >= 11 is 0. The van der Waals surface area contributed by atoms with E-state index in [-0.39, 0.29) is 16.6 Å². The van der Waals surface area contributed by atoms with Gasteiger partial charge in [-0.25, -0.2) is 4.57 Å². The van der Waals surface area contributed by atoms with Crippen LogP contribution in [0.2, 0.25) is 0 Å². The number of rotatable bonds is 37. The van der Waals surface area contributed by atoms with Gasteiger partial charge in [-0.15, -0.1) is 0 Å². The zero-order valence-corrected chi connectivity index (χ0v) is 40.2. The van der Waals surface area contributed by atoms with Gasteiger partial charge >= 0.3 is 7.82 Å². The van der Waals surface area contributed by atoms with E-state index >= 15 is 0 Å². The molecule has 1 rings (SSSR count). The minimum Gasteiger partial charge on any atom is -0.507 e. The summed E-state index contributed by atoms with van der Waals surface area (Å²) < 4.78 is 18.8. The number of hydrogen-bond donors (Lipinski definition) is 3. The number of phenols is 1. The largest absolute Gasteiger partial charge is 0.507 e. The van der Waals surface area contributed by atoms with Crippen molar-refractivity contribution in [1.82, 2.24) is 0 Å². The molecule has 0 fully saturated rings. The van der Waals surface area contributed by atoms with Crippen LogP contribution in [0, 0.1) is 0 Å². The first-order valence-electron chi connectivity index (χ1n) is 24.7. The van der Waals surface area contributed by atoms with Crippen LogP contribution in [0.15, 0.2) is 12.1 Å². The second-order valence-electron chi connectivity index (χ2n) is 20.1. The molecular formula is C51H97O5P. The van der Waals surface area contributed by atoms with E-state index in [4.69, 9.17) is 4.52 Å². The first-order chi connectivity index (χ1) is 27.1. The molecule has 0 radical (unpaired) electrons. The highest BCUT2D eigenvalue weighted by molar-refractivity contribution is 7.46. The minimum absolute atomic E-state index is 0.286. The van der Waals surface area contributed by atoms with Gasteiger partial charge in [0.1, 0.15) is 11.4 Å². The van der Waals surface area contributed by atoms with E-state index in [0.717, 1.165) is 55.2 Å². The second-order valence-corrected chi connectivity index (χ2v) is 21.3. The normalized spacial score (nSPS) is 12.9. The molecule has 3 N–H and O–H groups in total. The molecule has 6 heteroatoms. The van der Waals surface area contributed by atoms with Crippen LogP contribution in [-0.2, 0) is 25.5 Å². The van der Waals surface area contributed by atoms with Crippen molar-refractivity contribution in [2.45, 2.75) is 290 Å². The van der Waals surface area contributed by atoms with Gasteiger partial charge in [-0.2, -0.15) is 0 Å². The summed E-state index contributed by atoms with van der Waals surface area (Å²) in [6.07, 6.45) is 42.3. The van der Waals surface area contributed by atoms with Gasteiger partial charge in [0.05, 0.1) is 0 Å². The number of unbranched alkanes of at least 4 members (excludes halogenated alkanes) is 30. The Morgan fingerprint density at radius 2 is 0.667 bits per heavy atom. The van der Waals surface area contributed by atoms with Crippen LogP contribution < -0.4 is 0 Å². The van der Waals surface area contributed by atoms with Crippen LogP contribution in [0.5, 0.6) is 5.75 Å². The number of aromatic hydroxyl groups is 1. The van der Waals surface area contributed by atoms with Gasteiger partial charge < -0.3 is 14.9 Å². The Kier molecular flexibility index (Phi) is 29.5. The number of phosphoric acid groups is 1. The van der Waals surface area contributed by atoms with E-state index in [1.165, 1.54) is 167 Å². The predicted octanol–water partition coefficient (Wildman–Crippen LogP) is 17.6. The standard InChI is InChI=1S/C51H97O5P/c1-9-11-13-15-17-19-21-23-25-27-29-31-33-35-37-39-41-51(56-57(53,54)55,45-43-46(49(3,4)5)48(52)47(44-45)50(6,7)8)42-40-38-36-34-32-30-28-26-24-22-20-18-16-14-12-10-2/h43-44,52H,9-42H2,1-8H3,(H2,53,54,55). The number of phenolic OH excluding ortho intramolecular Hbond substituents is 1. The summed E-state index contributed by atoms with van der Waals surface area (Å²) in [6, 6.07) is 4.00. The van der Waals surface area contributed by atoms with Gasteiger partial charge in [-0.05, 0) is 52.5 Å². The number of hydrogen-bond acceptors (Lipinski definition) is 3. The molecule has 0 unspecified atom stereocenters. The number of benzene rings is 1. The smallest absolute Gasteiger partial charge is 0.470 e. The molecule has 1 aromatic carbocycles. The van der Waals surface area contributed by atoms with Gasteiger partial charge in [-0.1, -0.05) is 261 Å². The SMILES string of the molecule is CCCCCCCCCCCCCCCCCCC(CCCCCCCCCCCCCCCCCC)(OP(=O)(O)O)c1cc(C(C)(C)C)c(O)c(C(C)(C)C)c1. The Morgan fingerprint density at radius 3 is 0.877 bits per heavy atom. The molecule has 1 aromatic rings. The molecule has 0 amide bonds. The molecule has 0 heterocycles. The van der Waals surface area contributed by atoms with Crippen molar-refractivity contribution in [1.29, 1.82) is 0 Å². The highest BCUT2D eigenvalue weighted by Gasteiger charge is 2.41. The first-order valence-corrected chi connectivity index (χ1v) is 26.2. The summed E-state index contributed by atoms with van der Waals surface area (Å²) in [4.78, 5) is 20.9. The molecule has 57 heavy (non-hydrogen) atoms. The van der Waals surface area contributed by atoms with Gasteiger partial charge in [0.25, 0.3) is 0 Å². The monoisotopic (exact) mass is 821 g/mol. The average Bonchev–Trinajstić information content (AvgIpc) is 3.12. The van der Waals surface area contributed by atoms with E-state index < -0.39 is 13.4 Å². The molecule has 0 spiro atoms. The van der Waals surface area contributed by atoms with Crippen LogP contribution in [0.4, 0.5) is 0 Å². The molecule has 0 aliphatic rings. The van der Waals surface area contributed by atoms with Gasteiger partial charge in [0.2, 0.25) is 0 Å². The molecule has 0 aromatic heterocycles. The summed E-state index contributed by atoms with van der Waals surface area (Å²) in [7, 11) is -4.82. The maximum atomic E-state index is 12.8. The van der Waals surface area contributed by atoms with E-state index in [1.807, 2.05) is 12.1 Å². The summed E-state index contributed by atoms with van der Waals surface area (Å²) in [5, 5.41) is 11.5. The van der Waals surface area contributed by atoms with Crippen molar-refractivity contribution < 1.29 is 24.0 Å². The predicted molar refractivity (Wildman–Crippen MR) is 249 cm³/mol. The summed E-state index contributed by atoms with van der Waals surface area (Å²) in [6.45, 7) is 17.1. The van der Waals surface area contributed by atoms with Gasteiger partial charge in [0, 0.05) is 0 Å². The Hall–Kier alpha value is -0.870. The maximum absolute atomic E-state index is 12.8. The third-order valence-electron chi connectivity index (χ3n) is 12.4. The number of phosphoric ester groups is 1. The molecule has 0 saturated carbocycles. The van der Waals surface area contributed by atoms with Crippen LogP contribution in [-0.4, -0.2) is 14.9 Å². The fraction of sp³-hybridized carbons (Fsp3) is 0.882. The average molecular weight is 821 g/mol. The molecule has 5 nitrogen and oxygen atoms in total. The maximum Gasteiger partial charge on any atom is 0.470 e. The van der Waals surface area contributed by atoms with E-state index in [1.54, 1.807) is 0 Å². The fourth-order valence-corrected chi connectivity index (χ4v) is 9.49. The molecule has 336 valence electrons. The van der Waals surface area contributed by atoms with Crippen molar-refractivity contribution in [2.75, 3.05) is 0 Å². The van der Waals surface area contributed by atoms with Gasteiger partial charge in [-0.3, -0.25) is 4.52 Å². The zero-order valence-electron chi connectivity index (χ0n) is 39.3. The first kappa shape index (κ1) is 54.1. The lowest BCUT2D eigenvalue weighted by molar-refractivity contribution is 0.0102. The Labute approximate surface area is 355 Å². The van der Waals surface area contributed by atoms with Crippen molar-refractivity contribution in [2.24, 2.45) is 0 Å². The van der Waals surface area contributed by atoms with Crippen LogP contribution in [0.3, 0.4) is 0 Å². The highest BCUT2D eigenvalue weighted by Crippen LogP contribution is 2.52. The third-order valence-corrected chi connectivity index (χ3v) is 13.0. The molecule has 0 atom stereocenters.